The van der Waals surface area contributed by atoms with Crippen LogP contribution in [0.15, 0.2) is 41.5 Å². The molecule has 25 heavy (non-hydrogen) atoms. The first kappa shape index (κ1) is 15.4. The summed E-state index contributed by atoms with van der Waals surface area (Å²) in [5.41, 5.74) is 2.49. The van der Waals surface area contributed by atoms with Gasteiger partial charge in [-0.2, -0.15) is 0 Å². The maximum Gasteiger partial charge on any atom is 0.263 e. The standard InChI is InChI=1S/C18H15FN4O2/c1-11-2-3-12(8-20-11)17(24)22-7-6-15-14(10-22)18(25)23-9-13(19)4-5-16(23)21-15/h2-5,8-9H,6-7,10H2,1H3. The Morgan fingerprint density at radius 2 is 2.08 bits per heavy atom. The fraction of sp³-hybridized carbons (Fsp3) is 0.222. The maximum absolute atomic E-state index is 13.4. The third-order valence-electron chi connectivity index (χ3n) is 4.38. The van der Waals surface area contributed by atoms with Crippen molar-refractivity contribution in [1.82, 2.24) is 19.3 Å². The quantitative estimate of drug-likeness (QED) is 0.678. The number of fused-ring (bicyclic) bond motifs is 2. The topological polar surface area (TPSA) is 67.6 Å². The van der Waals surface area contributed by atoms with Gasteiger partial charge < -0.3 is 4.90 Å². The minimum Gasteiger partial charge on any atom is -0.334 e. The van der Waals surface area contributed by atoms with Gasteiger partial charge in [-0.05, 0) is 31.2 Å². The molecule has 4 rings (SSSR count). The van der Waals surface area contributed by atoms with Gasteiger partial charge in [0.15, 0.2) is 0 Å². The van der Waals surface area contributed by atoms with Gasteiger partial charge >= 0.3 is 0 Å². The molecule has 4 heterocycles. The van der Waals surface area contributed by atoms with Gasteiger partial charge in [0.1, 0.15) is 11.5 Å². The van der Waals surface area contributed by atoms with Gasteiger partial charge in [0.2, 0.25) is 0 Å². The van der Waals surface area contributed by atoms with Crippen LogP contribution in [-0.2, 0) is 13.0 Å². The van der Waals surface area contributed by atoms with Crippen molar-refractivity contribution in [2.75, 3.05) is 6.54 Å². The van der Waals surface area contributed by atoms with Gasteiger partial charge in [0.05, 0.1) is 23.4 Å². The number of aryl methyl sites for hydroxylation is 1. The average molecular weight is 338 g/mol. The van der Waals surface area contributed by atoms with E-state index in [-0.39, 0.29) is 18.0 Å². The van der Waals surface area contributed by atoms with Crippen molar-refractivity contribution in [2.24, 2.45) is 0 Å². The molecule has 0 fully saturated rings. The van der Waals surface area contributed by atoms with Crippen LogP contribution >= 0.6 is 0 Å². The predicted molar refractivity (Wildman–Crippen MR) is 88.8 cm³/mol. The highest BCUT2D eigenvalue weighted by Gasteiger charge is 2.25. The molecule has 1 amide bonds. The van der Waals surface area contributed by atoms with E-state index in [0.717, 1.165) is 11.9 Å². The van der Waals surface area contributed by atoms with Crippen molar-refractivity contribution in [1.29, 1.82) is 0 Å². The lowest BCUT2D eigenvalue weighted by Gasteiger charge is -2.28. The van der Waals surface area contributed by atoms with Crippen LogP contribution in [0.4, 0.5) is 4.39 Å². The number of hydrogen-bond donors (Lipinski definition) is 0. The Morgan fingerprint density at radius 1 is 1.24 bits per heavy atom. The lowest BCUT2D eigenvalue weighted by molar-refractivity contribution is 0.0732. The molecule has 0 aliphatic carbocycles. The van der Waals surface area contributed by atoms with E-state index < -0.39 is 5.82 Å². The molecule has 0 aromatic carbocycles. The van der Waals surface area contributed by atoms with E-state index in [2.05, 4.69) is 9.97 Å². The normalized spacial score (nSPS) is 13.8. The molecule has 6 nitrogen and oxygen atoms in total. The molecule has 0 unspecified atom stereocenters. The molecule has 1 aliphatic rings. The van der Waals surface area contributed by atoms with Crippen molar-refractivity contribution in [3.63, 3.8) is 0 Å². The first-order valence-electron chi connectivity index (χ1n) is 7.94. The lowest BCUT2D eigenvalue weighted by atomic mass is 10.1. The summed E-state index contributed by atoms with van der Waals surface area (Å²) >= 11 is 0. The first-order chi connectivity index (χ1) is 12.0. The molecule has 0 N–H and O–H groups in total. The zero-order chi connectivity index (χ0) is 17.6. The lowest BCUT2D eigenvalue weighted by Crippen LogP contribution is -2.40. The number of aromatic nitrogens is 3. The molecule has 126 valence electrons. The van der Waals surface area contributed by atoms with E-state index in [4.69, 9.17) is 0 Å². The number of hydrogen-bond acceptors (Lipinski definition) is 4. The number of amides is 1. The molecule has 0 radical (unpaired) electrons. The number of rotatable bonds is 1. The van der Waals surface area contributed by atoms with Crippen LogP contribution in [0, 0.1) is 12.7 Å². The van der Waals surface area contributed by atoms with Crippen molar-refractivity contribution in [3.8, 4) is 0 Å². The second-order valence-electron chi connectivity index (χ2n) is 6.08. The van der Waals surface area contributed by atoms with Gasteiger partial charge in [-0.15, -0.1) is 0 Å². The fourth-order valence-electron chi connectivity index (χ4n) is 3.02. The zero-order valence-corrected chi connectivity index (χ0v) is 13.6. The molecule has 0 saturated heterocycles. The van der Waals surface area contributed by atoms with Crippen molar-refractivity contribution < 1.29 is 9.18 Å². The highest BCUT2D eigenvalue weighted by Crippen LogP contribution is 2.17. The molecule has 3 aromatic rings. The van der Waals surface area contributed by atoms with Crippen molar-refractivity contribution in [3.05, 3.63) is 75.3 Å². The second kappa shape index (κ2) is 5.77. The van der Waals surface area contributed by atoms with E-state index in [1.807, 2.05) is 6.92 Å². The Morgan fingerprint density at radius 3 is 2.84 bits per heavy atom. The summed E-state index contributed by atoms with van der Waals surface area (Å²) in [4.78, 5) is 35.5. The predicted octanol–water partition coefficient (Wildman–Crippen LogP) is 1.74. The average Bonchev–Trinajstić information content (AvgIpc) is 2.62. The number of halogens is 1. The van der Waals surface area contributed by atoms with Gasteiger partial charge in [-0.25, -0.2) is 9.37 Å². The molecule has 3 aromatic heterocycles. The highest BCUT2D eigenvalue weighted by atomic mass is 19.1. The van der Waals surface area contributed by atoms with Crippen LogP contribution in [0.2, 0.25) is 0 Å². The largest absolute Gasteiger partial charge is 0.334 e. The van der Waals surface area contributed by atoms with Crippen LogP contribution in [0.25, 0.3) is 5.65 Å². The van der Waals surface area contributed by atoms with Crippen LogP contribution in [-0.4, -0.2) is 31.7 Å². The smallest absolute Gasteiger partial charge is 0.263 e. The summed E-state index contributed by atoms with van der Waals surface area (Å²) in [6.07, 6.45) is 3.15. The third kappa shape index (κ3) is 2.67. The first-order valence-corrected chi connectivity index (χ1v) is 7.94. The Bertz CT molecular complexity index is 1040. The van der Waals surface area contributed by atoms with E-state index in [1.165, 1.54) is 22.7 Å². The van der Waals surface area contributed by atoms with E-state index >= 15 is 0 Å². The summed E-state index contributed by atoms with van der Waals surface area (Å²) in [6.45, 7) is 2.49. The van der Waals surface area contributed by atoms with E-state index in [0.29, 0.717) is 35.4 Å². The Kier molecular flexibility index (Phi) is 3.56. The van der Waals surface area contributed by atoms with Gasteiger partial charge in [-0.3, -0.25) is 19.0 Å². The summed E-state index contributed by atoms with van der Waals surface area (Å²) in [5.74, 6) is -0.687. The van der Waals surface area contributed by atoms with Crippen LogP contribution in [0.5, 0.6) is 0 Å². The second-order valence-corrected chi connectivity index (χ2v) is 6.08. The SMILES string of the molecule is Cc1ccc(C(=O)N2CCc3nc4ccc(F)cn4c(=O)c3C2)cn1. The molecule has 0 saturated carbocycles. The molecule has 7 heteroatoms. The summed E-state index contributed by atoms with van der Waals surface area (Å²) in [7, 11) is 0. The molecule has 0 bridgehead atoms. The summed E-state index contributed by atoms with van der Waals surface area (Å²) < 4.78 is 14.6. The number of nitrogens with zero attached hydrogens (tertiary/aromatic N) is 4. The van der Waals surface area contributed by atoms with E-state index in [9.17, 15) is 14.0 Å². The highest BCUT2D eigenvalue weighted by molar-refractivity contribution is 5.94. The Labute approximate surface area is 142 Å². The molecular formula is C18H15FN4O2. The minimum absolute atomic E-state index is 0.160. The number of pyridine rings is 2. The van der Waals surface area contributed by atoms with Crippen molar-refractivity contribution >= 4 is 11.6 Å². The molecular weight excluding hydrogens is 323 g/mol. The monoisotopic (exact) mass is 338 g/mol. The number of carbonyl (C=O) groups is 1. The summed E-state index contributed by atoms with van der Waals surface area (Å²) in [5, 5.41) is 0. The number of carbonyl (C=O) groups excluding carboxylic acids is 1. The molecule has 1 aliphatic heterocycles. The maximum atomic E-state index is 13.4. The third-order valence-corrected chi connectivity index (χ3v) is 4.38. The van der Waals surface area contributed by atoms with Gasteiger partial charge in [0, 0.05) is 31.1 Å². The molecule has 0 atom stereocenters. The molecule has 0 spiro atoms. The fourth-order valence-corrected chi connectivity index (χ4v) is 3.02. The van der Waals surface area contributed by atoms with Crippen LogP contribution in [0.3, 0.4) is 0 Å². The zero-order valence-electron chi connectivity index (χ0n) is 13.6. The Hall–Kier alpha value is -3.09. The minimum atomic E-state index is -0.508. The summed E-state index contributed by atoms with van der Waals surface area (Å²) in [6, 6.07) is 6.25. The van der Waals surface area contributed by atoms with E-state index in [1.54, 1.807) is 17.0 Å². The van der Waals surface area contributed by atoms with Gasteiger partial charge in [-0.1, -0.05) is 0 Å². The Balaban J connectivity index is 1.72. The van der Waals surface area contributed by atoms with Crippen LogP contribution in [0.1, 0.15) is 27.3 Å². The van der Waals surface area contributed by atoms with Gasteiger partial charge in [0.25, 0.3) is 11.5 Å². The van der Waals surface area contributed by atoms with Crippen LogP contribution < -0.4 is 5.56 Å². The van der Waals surface area contributed by atoms with Crippen molar-refractivity contribution in [2.45, 2.75) is 19.9 Å².